The molecule has 1 saturated heterocycles. The molecule has 3 nitrogen and oxygen atoms in total. The molecule has 2 heterocycles. The summed E-state index contributed by atoms with van der Waals surface area (Å²) in [6.45, 7) is 10.9. The van der Waals surface area contributed by atoms with Crippen LogP contribution >= 0.6 is 23.5 Å². The first-order valence-corrected chi connectivity index (χ1v) is 9.75. The number of nitrogens with zero attached hydrogens (tertiary/aromatic N) is 2. The van der Waals surface area contributed by atoms with E-state index in [2.05, 4.69) is 72.4 Å². The zero-order chi connectivity index (χ0) is 14.5. The first kappa shape index (κ1) is 16.2. The summed E-state index contributed by atoms with van der Waals surface area (Å²) in [7, 11) is 0. The summed E-state index contributed by atoms with van der Waals surface area (Å²) in [5.74, 6) is 2.58. The number of aromatic nitrogens is 2. The maximum Gasteiger partial charge on any atom is 0.0596 e. The lowest BCUT2D eigenvalue weighted by Crippen LogP contribution is -2.46. The van der Waals surface area contributed by atoms with Gasteiger partial charge in [-0.05, 0) is 26.5 Å². The molecule has 1 aliphatic heterocycles. The van der Waals surface area contributed by atoms with E-state index in [0.29, 0.717) is 11.3 Å². The second-order valence-electron chi connectivity index (χ2n) is 5.37. The molecule has 1 N–H and O–H groups in total. The van der Waals surface area contributed by atoms with Crippen LogP contribution in [-0.2, 0) is 13.0 Å². The van der Waals surface area contributed by atoms with Crippen molar-refractivity contribution in [3.05, 3.63) is 17.5 Å². The molecule has 114 valence electrons. The second-order valence-corrected chi connectivity index (χ2v) is 8.14. The lowest BCUT2D eigenvalue weighted by atomic mass is 10.0. The summed E-state index contributed by atoms with van der Waals surface area (Å²) in [6.07, 6.45) is 1.09. The van der Waals surface area contributed by atoms with Crippen LogP contribution in [0.5, 0.6) is 0 Å². The van der Waals surface area contributed by atoms with Crippen molar-refractivity contribution in [2.75, 3.05) is 18.1 Å². The molecule has 5 heteroatoms. The molecule has 0 aromatic carbocycles. The van der Waals surface area contributed by atoms with E-state index < -0.39 is 0 Å². The Hall–Kier alpha value is -0.130. The average Bonchev–Trinajstić information content (AvgIpc) is 2.79. The van der Waals surface area contributed by atoms with Crippen LogP contribution in [0.4, 0.5) is 0 Å². The standard InChI is InChI=1S/C15H27N3S2/c1-5-16-14(15-12(4)19-7-8-20-15)10-13-9-11(3)17-18(13)6-2/h9,12,14-16H,5-8,10H2,1-4H3. The molecule has 0 saturated carbocycles. The molecule has 0 aliphatic carbocycles. The predicted octanol–water partition coefficient (Wildman–Crippen LogP) is 2.97. The van der Waals surface area contributed by atoms with Crippen LogP contribution in [-0.4, -0.2) is 44.4 Å². The lowest BCUT2D eigenvalue weighted by Gasteiger charge is -2.35. The molecular weight excluding hydrogens is 286 g/mol. The van der Waals surface area contributed by atoms with E-state index in [1.54, 1.807) is 0 Å². The topological polar surface area (TPSA) is 29.9 Å². The number of hydrogen-bond acceptors (Lipinski definition) is 4. The van der Waals surface area contributed by atoms with E-state index in [9.17, 15) is 0 Å². The minimum atomic E-state index is 0.550. The highest BCUT2D eigenvalue weighted by atomic mass is 32.2. The fourth-order valence-corrected chi connectivity index (χ4v) is 5.88. The number of thioether (sulfide) groups is 2. The van der Waals surface area contributed by atoms with Crippen LogP contribution in [0, 0.1) is 6.92 Å². The minimum absolute atomic E-state index is 0.550. The van der Waals surface area contributed by atoms with Gasteiger partial charge in [0.1, 0.15) is 0 Å². The fraction of sp³-hybridized carbons (Fsp3) is 0.800. The fourth-order valence-electron chi connectivity index (χ4n) is 2.92. The van der Waals surface area contributed by atoms with Crippen molar-refractivity contribution in [3.63, 3.8) is 0 Å². The molecule has 1 fully saturated rings. The van der Waals surface area contributed by atoms with E-state index >= 15 is 0 Å². The van der Waals surface area contributed by atoms with Gasteiger partial charge in [-0.1, -0.05) is 13.8 Å². The van der Waals surface area contributed by atoms with Gasteiger partial charge in [0.2, 0.25) is 0 Å². The molecule has 20 heavy (non-hydrogen) atoms. The van der Waals surface area contributed by atoms with Crippen LogP contribution in [0.2, 0.25) is 0 Å². The Morgan fingerprint density at radius 1 is 1.40 bits per heavy atom. The van der Waals surface area contributed by atoms with E-state index in [1.807, 2.05) is 0 Å². The van der Waals surface area contributed by atoms with Crippen LogP contribution in [0.25, 0.3) is 0 Å². The SMILES string of the molecule is CCNC(Cc1cc(C)nn1CC)C1SCCSC1C. The van der Waals surface area contributed by atoms with Crippen LogP contribution in [0.15, 0.2) is 6.07 Å². The molecule has 0 bridgehead atoms. The normalized spacial score (nSPS) is 24.8. The number of hydrogen-bond donors (Lipinski definition) is 1. The van der Waals surface area contributed by atoms with Gasteiger partial charge in [0.15, 0.2) is 0 Å². The van der Waals surface area contributed by atoms with E-state index in [-0.39, 0.29) is 0 Å². The number of likely N-dealkylation sites (N-methyl/N-ethyl adjacent to an activating group) is 1. The van der Waals surface area contributed by atoms with Crippen molar-refractivity contribution < 1.29 is 0 Å². The van der Waals surface area contributed by atoms with Crippen molar-refractivity contribution in [1.82, 2.24) is 15.1 Å². The molecule has 0 spiro atoms. The lowest BCUT2D eigenvalue weighted by molar-refractivity contribution is 0.479. The van der Waals surface area contributed by atoms with Gasteiger partial charge in [0.05, 0.1) is 5.69 Å². The van der Waals surface area contributed by atoms with E-state index in [4.69, 9.17) is 0 Å². The Bertz CT molecular complexity index is 419. The van der Waals surface area contributed by atoms with Crippen molar-refractivity contribution in [3.8, 4) is 0 Å². The van der Waals surface area contributed by atoms with Crippen LogP contribution in [0.3, 0.4) is 0 Å². The number of aryl methyl sites for hydroxylation is 2. The van der Waals surface area contributed by atoms with Crippen molar-refractivity contribution >= 4 is 23.5 Å². The maximum atomic E-state index is 4.58. The van der Waals surface area contributed by atoms with Gasteiger partial charge in [-0.15, -0.1) is 0 Å². The number of nitrogens with one attached hydrogen (secondary N) is 1. The molecule has 3 atom stereocenters. The molecular formula is C15H27N3S2. The summed E-state index contributed by atoms with van der Waals surface area (Å²) in [5, 5.41) is 9.74. The van der Waals surface area contributed by atoms with Gasteiger partial charge in [-0.2, -0.15) is 28.6 Å². The third-order valence-electron chi connectivity index (χ3n) is 3.81. The van der Waals surface area contributed by atoms with Gasteiger partial charge < -0.3 is 5.32 Å². The third kappa shape index (κ3) is 3.95. The van der Waals surface area contributed by atoms with Gasteiger partial charge in [-0.3, -0.25) is 4.68 Å². The number of rotatable bonds is 6. The Morgan fingerprint density at radius 2 is 2.15 bits per heavy atom. The quantitative estimate of drug-likeness (QED) is 0.874. The molecule has 0 amide bonds. The van der Waals surface area contributed by atoms with Crippen molar-refractivity contribution in [1.29, 1.82) is 0 Å². The summed E-state index contributed by atoms with van der Waals surface area (Å²) in [5.41, 5.74) is 2.51. The van der Waals surface area contributed by atoms with Crippen LogP contribution < -0.4 is 5.32 Å². The van der Waals surface area contributed by atoms with E-state index in [0.717, 1.165) is 30.5 Å². The van der Waals surface area contributed by atoms with Crippen molar-refractivity contribution in [2.24, 2.45) is 0 Å². The Morgan fingerprint density at radius 3 is 2.80 bits per heavy atom. The second kappa shape index (κ2) is 7.76. The highest BCUT2D eigenvalue weighted by Crippen LogP contribution is 2.34. The van der Waals surface area contributed by atoms with Gasteiger partial charge in [-0.25, -0.2) is 0 Å². The first-order valence-electron chi connectivity index (χ1n) is 7.65. The smallest absolute Gasteiger partial charge is 0.0596 e. The zero-order valence-corrected chi connectivity index (χ0v) is 14.7. The first-order chi connectivity index (χ1) is 9.65. The Kier molecular flexibility index (Phi) is 6.30. The maximum absolute atomic E-state index is 4.58. The van der Waals surface area contributed by atoms with Gasteiger partial charge in [0.25, 0.3) is 0 Å². The van der Waals surface area contributed by atoms with Gasteiger partial charge in [0, 0.05) is 46.7 Å². The molecule has 1 aliphatic rings. The predicted molar refractivity (Wildman–Crippen MR) is 92.0 cm³/mol. The molecule has 2 rings (SSSR count). The summed E-state index contributed by atoms with van der Waals surface area (Å²) in [4.78, 5) is 0. The highest BCUT2D eigenvalue weighted by Gasteiger charge is 2.30. The average molecular weight is 314 g/mol. The molecule has 3 unspecified atom stereocenters. The summed E-state index contributed by atoms with van der Waals surface area (Å²) >= 11 is 4.27. The summed E-state index contributed by atoms with van der Waals surface area (Å²) < 4.78 is 2.16. The zero-order valence-electron chi connectivity index (χ0n) is 13.1. The largest absolute Gasteiger partial charge is 0.313 e. The molecule has 1 aromatic heterocycles. The minimum Gasteiger partial charge on any atom is -0.313 e. The Labute approximate surface area is 131 Å². The monoisotopic (exact) mass is 313 g/mol. The van der Waals surface area contributed by atoms with Gasteiger partial charge >= 0.3 is 0 Å². The van der Waals surface area contributed by atoms with E-state index in [1.165, 1.54) is 17.2 Å². The third-order valence-corrected chi connectivity index (χ3v) is 7.07. The molecule has 0 radical (unpaired) electrons. The van der Waals surface area contributed by atoms with Crippen molar-refractivity contribution in [2.45, 2.75) is 57.2 Å². The molecule has 1 aromatic rings. The summed E-state index contributed by atoms with van der Waals surface area (Å²) in [6, 6.07) is 2.80. The van der Waals surface area contributed by atoms with Crippen LogP contribution in [0.1, 0.15) is 32.2 Å². The highest BCUT2D eigenvalue weighted by molar-refractivity contribution is 8.07. The Balaban J connectivity index is 2.11.